The minimum Gasteiger partial charge on any atom is -0.341 e. The van der Waals surface area contributed by atoms with Gasteiger partial charge in [0.15, 0.2) is 17.5 Å². The van der Waals surface area contributed by atoms with Crippen LogP contribution >= 0.6 is 0 Å². The van der Waals surface area contributed by atoms with E-state index < -0.39 is 35.6 Å². The first-order chi connectivity index (χ1) is 10.9. The predicted octanol–water partition coefficient (Wildman–Crippen LogP) is 2.86. The molecule has 0 atom stereocenters. The van der Waals surface area contributed by atoms with Crippen molar-refractivity contribution >= 4 is 17.5 Å². The van der Waals surface area contributed by atoms with Gasteiger partial charge in [-0.05, 0) is 25.0 Å². The molecule has 0 N–H and O–H groups in total. The zero-order valence-electron chi connectivity index (χ0n) is 12.9. The third kappa shape index (κ3) is 4.03. The number of nitrogens with zero attached hydrogens (tertiary/aromatic N) is 2. The lowest BCUT2D eigenvalue weighted by Gasteiger charge is -2.26. The first-order valence-electron chi connectivity index (χ1n) is 7.61. The number of anilines is 1. The summed E-state index contributed by atoms with van der Waals surface area (Å²) in [6.07, 6.45) is 3.84. The van der Waals surface area contributed by atoms with Crippen LogP contribution in [0.5, 0.6) is 0 Å². The Kier molecular flexibility index (Phi) is 5.63. The molecule has 1 aromatic rings. The maximum Gasteiger partial charge on any atom is 0.242 e. The molecule has 0 aromatic heterocycles. The van der Waals surface area contributed by atoms with Gasteiger partial charge in [0.2, 0.25) is 11.8 Å². The molecule has 1 aromatic carbocycles. The molecule has 4 nitrogen and oxygen atoms in total. The van der Waals surface area contributed by atoms with Gasteiger partial charge in [-0.3, -0.25) is 9.59 Å². The number of rotatable bonds is 3. The number of carbonyl (C=O) groups is 2. The lowest BCUT2D eigenvalue weighted by atomic mass is 10.2. The minimum atomic E-state index is -1.66. The van der Waals surface area contributed by atoms with Crippen molar-refractivity contribution in [2.45, 2.75) is 32.6 Å². The normalized spacial score (nSPS) is 15.2. The van der Waals surface area contributed by atoms with Crippen LogP contribution in [0.25, 0.3) is 0 Å². The van der Waals surface area contributed by atoms with Gasteiger partial charge in [-0.2, -0.15) is 0 Å². The molecule has 1 fully saturated rings. The van der Waals surface area contributed by atoms with Crippen molar-refractivity contribution < 1.29 is 22.8 Å². The number of hydrogen-bond donors (Lipinski definition) is 0. The quantitative estimate of drug-likeness (QED) is 0.801. The summed E-state index contributed by atoms with van der Waals surface area (Å²) >= 11 is 0. The van der Waals surface area contributed by atoms with E-state index in [0.29, 0.717) is 13.1 Å². The van der Waals surface area contributed by atoms with Gasteiger partial charge < -0.3 is 9.80 Å². The van der Waals surface area contributed by atoms with Crippen molar-refractivity contribution in [3.05, 3.63) is 29.6 Å². The molecule has 1 aliphatic rings. The third-order valence-electron chi connectivity index (χ3n) is 3.94. The van der Waals surface area contributed by atoms with Gasteiger partial charge in [0.05, 0.1) is 5.69 Å². The second-order valence-corrected chi connectivity index (χ2v) is 5.59. The topological polar surface area (TPSA) is 40.6 Å². The number of likely N-dealkylation sites (tertiary alicyclic amines) is 1. The van der Waals surface area contributed by atoms with E-state index in [1.165, 1.54) is 0 Å². The summed E-state index contributed by atoms with van der Waals surface area (Å²) < 4.78 is 40.3. The van der Waals surface area contributed by atoms with Crippen molar-refractivity contribution in [1.29, 1.82) is 0 Å². The highest BCUT2D eigenvalue weighted by Gasteiger charge is 2.25. The predicted molar refractivity (Wildman–Crippen MR) is 79.4 cm³/mol. The van der Waals surface area contributed by atoms with Gasteiger partial charge >= 0.3 is 0 Å². The van der Waals surface area contributed by atoms with Crippen LogP contribution in [0.1, 0.15) is 32.6 Å². The van der Waals surface area contributed by atoms with Crippen LogP contribution in [0.2, 0.25) is 0 Å². The molecule has 0 aliphatic carbocycles. The zero-order valence-corrected chi connectivity index (χ0v) is 12.9. The van der Waals surface area contributed by atoms with Gasteiger partial charge in [0.25, 0.3) is 0 Å². The fourth-order valence-corrected chi connectivity index (χ4v) is 2.65. The largest absolute Gasteiger partial charge is 0.341 e. The number of halogens is 3. The van der Waals surface area contributed by atoms with E-state index in [1.807, 2.05) is 0 Å². The Hall–Kier alpha value is -2.05. The van der Waals surface area contributed by atoms with E-state index in [0.717, 1.165) is 49.6 Å². The molecule has 0 radical (unpaired) electrons. The first kappa shape index (κ1) is 17.3. The zero-order chi connectivity index (χ0) is 17.0. The SMILES string of the molecule is CC(=O)N(CC(=O)N1CCCCCC1)c1ccc(F)c(F)c1F. The van der Waals surface area contributed by atoms with Crippen molar-refractivity contribution in [2.24, 2.45) is 0 Å². The van der Waals surface area contributed by atoms with E-state index in [2.05, 4.69) is 0 Å². The summed E-state index contributed by atoms with van der Waals surface area (Å²) in [5.41, 5.74) is -0.431. The van der Waals surface area contributed by atoms with Gasteiger partial charge in [0.1, 0.15) is 6.54 Å². The molecule has 126 valence electrons. The molecule has 2 rings (SSSR count). The van der Waals surface area contributed by atoms with Gasteiger partial charge in [-0.15, -0.1) is 0 Å². The molecule has 23 heavy (non-hydrogen) atoms. The first-order valence-corrected chi connectivity index (χ1v) is 7.61. The van der Waals surface area contributed by atoms with Crippen LogP contribution in [-0.4, -0.2) is 36.3 Å². The number of benzene rings is 1. The molecular formula is C16H19F3N2O2. The fraction of sp³-hybridized carbons (Fsp3) is 0.500. The molecule has 1 aliphatic heterocycles. The molecule has 2 amide bonds. The molecule has 0 spiro atoms. The Bertz CT molecular complexity index is 599. The monoisotopic (exact) mass is 328 g/mol. The molecule has 0 bridgehead atoms. The standard InChI is InChI=1S/C16H19F3N2O2/c1-11(22)21(13-7-6-12(17)15(18)16(13)19)10-14(23)20-8-4-2-3-5-9-20/h6-7H,2-5,8-10H2,1H3. The van der Waals surface area contributed by atoms with E-state index in [4.69, 9.17) is 0 Å². The summed E-state index contributed by atoms with van der Waals surface area (Å²) in [6.45, 7) is 1.93. The molecular weight excluding hydrogens is 309 g/mol. The third-order valence-corrected chi connectivity index (χ3v) is 3.94. The Balaban J connectivity index is 2.20. The summed E-state index contributed by atoms with van der Waals surface area (Å²) in [4.78, 5) is 26.6. The second kappa shape index (κ2) is 7.48. The van der Waals surface area contributed by atoms with Crippen LogP contribution in [0.3, 0.4) is 0 Å². The molecule has 1 saturated heterocycles. The van der Waals surface area contributed by atoms with Crippen LogP contribution < -0.4 is 4.90 Å². The number of carbonyl (C=O) groups excluding carboxylic acids is 2. The van der Waals surface area contributed by atoms with E-state index in [1.54, 1.807) is 4.90 Å². The van der Waals surface area contributed by atoms with Crippen molar-refractivity contribution in [3.8, 4) is 0 Å². The number of amides is 2. The molecule has 7 heteroatoms. The van der Waals surface area contributed by atoms with Crippen molar-refractivity contribution in [1.82, 2.24) is 4.90 Å². The summed E-state index contributed by atoms with van der Waals surface area (Å²) in [5.74, 6) is -5.40. The van der Waals surface area contributed by atoms with Crippen LogP contribution in [0.4, 0.5) is 18.9 Å². The Morgan fingerprint density at radius 3 is 2.22 bits per heavy atom. The highest BCUT2D eigenvalue weighted by molar-refractivity contribution is 5.97. The Labute approximate surface area is 132 Å². The average molecular weight is 328 g/mol. The maximum absolute atomic E-state index is 13.9. The number of hydrogen-bond acceptors (Lipinski definition) is 2. The van der Waals surface area contributed by atoms with Gasteiger partial charge in [0, 0.05) is 20.0 Å². The smallest absolute Gasteiger partial charge is 0.242 e. The Morgan fingerprint density at radius 1 is 1.04 bits per heavy atom. The van der Waals surface area contributed by atoms with Gasteiger partial charge in [-0.25, -0.2) is 13.2 Å². The van der Waals surface area contributed by atoms with E-state index in [9.17, 15) is 22.8 Å². The molecule has 1 heterocycles. The lowest BCUT2D eigenvalue weighted by molar-refractivity contribution is -0.131. The molecule has 0 saturated carbocycles. The second-order valence-electron chi connectivity index (χ2n) is 5.59. The fourth-order valence-electron chi connectivity index (χ4n) is 2.65. The van der Waals surface area contributed by atoms with Crippen LogP contribution in [-0.2, 0) is 9.59 Å². The molecule has 0 unspecified atom stereocenters. The maximum atomic E-state index is 13.9. The summed E-state index contributed by atoms with van der Waals surface area (Å²) in [6, 6.07) is 1.70. The lowest BCUT2D eigenvalue weighted by Crippen LogP contribution is -2.43. The van der Waals surface area contributed by atoms with Crippen molar-refractivity contribution in [3.63, 3.8) is 0 Å². The van der Waals surface area contributed by atoms with E-state index in [-0.39, 0.29) is 5.91 Å². The summed E-state index contributed by atoms with van der Waals surface area (Å²) in [5, 5.41) is 0. The highest BCUT2D eigenvalue weighted by atomic mass is 19.2. The minimum absolute atomic E-state index is 0.328. The van der Waals surface area contributed by atoms with Crippen molar-refractivity contribution in [2.75, 3.05) is 24.5 Å². The van der Waals surface area contributed by atoms with Crippen LogP contribution in [0.15, 0.2) is 12.1 Å². The summed E-state index contributed by atoms with van der Waals surface area (Å²) in [7, 11) is 0. The Morgan fingerprint density at radius 2 is 1.65 bits per heavy atom. The highest BCUT2D eigenvalue weighted by Crippen LogP contribution is 2.24. The average Bonchev–Trinajstić information content (AvgIpc) is 2.80. The van der Waals surface area contributed by atoms with Crippen LogP contribution in [0, 0.1) is 17.5 Å². The van der Waals surface area contributed by atoms with Gasteiger partial charge in [-0.1, -0.05) is 12.8 Å². The van der Waals surface area contributed by atoms with E-state index >= 15 is 0 Å².